The highest BCUT2D eigenvalue weighted by Crippen LogP contribution is 2.29. The summed E-state index contributed by atoms with van der Waals surface area (Å²) in [6, 6.07) is 7.89. The molecular formula is C18H19N7O. The molecule has 0 aliphatic rings. The van der Waals surface area contributed by atoms with Gasteiger partial charge in [0, 0.05) is 43.9 Å². The number of aromatic nitrogens is 5. The number of nitrogens with two attached hydrogens (primary N) is 1. The molecule has 0 bridgehead atoms. The molecule has 132 valence electrons. The fraction of sp³-hybridized carbons (Fsp3) is 0.222. The summed E-state index contributed by atoms with van der Waals surface area (Å²) in [7, 11) is 1.77. The number of rotatable bonds is 4. The molecule has 4 aromatic rings. The molecule has 3 N–H and O–H groups in total. The number of hydrogen-bond acceptors (Lipinski definition) is 5. The Morgan fingerprint density at radius 2 is 2.15 bits per heavy atom. The smallest absolute Gasteiger partial charge is 0.219 e. The lowest BCUT2D eigenvalue weighted by Gasteiger charge is -2.13. The number of pyridine rings is 1. The minimum Gasteiger partial charge on any atom is -0.383 e. The molecule has 0 aliphatic carbocycles. The maximum absolute atomic E-state index is 11.4. The number of benzene rings is 1. The average Bonchev–Trinajstić information content (AvgIpc) is 3.29. The number of hydrogen-bond donors (Lipinski definition) is 2. The van der Waals surface area contributed by atoms with Crippen molar-refractivity contribution in [3.63, 3.8) is 0 Å². The van der Waals surface area contributed by atoms with E-state index in [4.69, 9.17) is 5.73 Å². The van der Waals surface area contributed by atoms with Gasteiger partial charge in [-0.05, 0) is 18.2 Å². The zero-order valence-corrected chi connectivity index (χ0v) is 14.6. The number of nitrogens with one attached hydrogen (secondary N) is 1. The van der Waals surface area contributed by atoms with Gasteiger partial charge in [-0.25, -0.2) is 4.98 Å². The summed E-state index contributed by atoms with van der Waals surface area (Å²) in [6.45, 7) is 2.72. The molecule has 1 aromatic carbocycles. The lowest BCUT2D eigenvalue weighted by atomic mass is 10.1. The van der Waals surface area contributed by atoms with Crippen molar-refractivity contribution in [2.45, 2.75) is 13.5 Å². The highest BCUT2D eigenvalue weighted by molar-refractivity contribution is 6.08. The predicted molar refractivity (Wildman–Crippen MR) is 100 cm³/mol. The van der Waals surface area contributed by atoms with Gasteiger partial charge in [0.15, 0.2) is 0 Å². The Morgan fingerprint density at radius 1 is 1.31 bits per heavy atom. The SMILES string of the molecule is CC(=O)N(C)CCn1cc2c(N)nc3cc(-c4ccn[nH]4)ccc3c2n1. The minimum absolute atomic E-state index is 0.0275. The van der Waals surface area contributed by atoms with Crippen LogP contribution in [0.2, 0.25) is 0 Å². The largest absolute Gasteiger partial charge is 0.383 e. The van der Waals surface area contributed by atoms with E-state index in [1.54, 1.807) is 25.1 Å². The van der Waals surface area contributed by atoms with Crippen LogP contribution in [0, 0.1) is 0 Å². The Morgan fingerprint density at radius 3 is 2.88 bits per heavy atom. The van der Waals surface area contributed by atoms with Crippen molar-refractivity contribution in [1.82, 2.24) is 29.9 Å². The van der Waals surface area contributed by atoms with Gasteiger partial charge in [0.2, 0.25) is 5.91 Å². The summed E-state index contributed by atoms with van der Waals surface area (Å²) >= 11 is 0. The first-order chi connectivity index (χ1) is 12.5. The zero-order chi connectivity index (χ0) is 18.3. The van der Waals surface area contributed by atoms with E-state index in [0.29, 0.717) is 18.9 Å². The van der Waals surface area contributed by atoms with Gasteiger partial charge in [-0.3, -0.25) is 14.6 Å². The summed E-state index contributed by atoms with van der Waals surface area (Å²) in [5.74, 6) is 0.472. The van der Waals surface area contributed by atoms with E-state index in [1.165, 1.54) is 0 Å². The first-order valence-corrected chi connectivity index (χ1v) is 8.31. The number of anilines is 1. The molecule has 0 fully saturated rings. The van der Waals surface area contributed by atoms with Crippen LogP contribution in [0.15, 0.2) is 36.7 Å². The van der Waals surface area contributed by atoms with E-state index >= 15 is 0 Å². The van der Waals surface area contributed by atoms with Gasteiger partial charge < -0.3 is 10.6 Å². The number of nitrogens with zero attached hydrogens (tertiary/aromatic N) is 5. The van der Waals surface area contributed by atoms with Crippen LogP contribution < -0.4 is 5.73 Å². The minimum atomic E-state index is 0.0275. The fourth-order valence-corrected chi connectivity index (χ4v) is 2.93. The van der Waals surface area contributed by atoms with Crippen LogP contribution in [-0.2, 0) is 11.3 Å². The van der Waals surface area contributed by atoms with Gasteiger partial charge in [0.25, 0.3) is 0 Å². The van der Waals surface area contributed by atoms with Crippen LogP contribution in [0.1, 0.15) is 6.92 Å². The molecule has 1 amide bonds. The van der Waals surface area contributed by atoms with E-state index in [0.717, 1.165) is 33.1 Å². The number of likely N-dealkylation sites (N-methyl/N-ethyl adjacent to an activating group) is 1. The molecule has 0 radical (unpaired) electrons. The molecular weight excluding hydrogens is 330 g/mol. The van der Waals surface area contributed by atoms with Gasteiger partial charge in [-0.15, -0.1) is 0 Å². The number of nitrogen functional groups attached to an aromatic ring is 1. The molecule has 8 heteroatoms. The average molecular weight is 349 g/mol. The van der Waals surface area contributed by atoms with Crippen molar-refractivity contribution in [3.05, 3.63) is 36.7 Å². The maximum Gasteiger partial charge on any atom is 0.219 e. The fourth-order valence-electron chi connectivity index (χ4n) is 2.93. The quantitative estimate of drug-likeness (QED) is 0.586. The molecule has 0 aliphatic heterocycles. The Bertz CT molecular complexity index is 1100. The maximum atomic E-state index is 11.4. The van der Waals surface area contributed by atoms with Crippen LogP contribution in [-0.4, -0.2) is 49.4 Å². The predicted octanol–water partition coefficient (Wildman–Crippen LogP) is 2.04. The van der Waals surface area contributed by atoms with Crippen LogP contribution in [0.5, 0.6) is 0 Å². The normalized spacial score (nSPS) is 11.3. The summed E-state index contributed by atoms with van der Waals surface area (Å²) in [4.78, 5) is 17.5. The monoisotopic (exact) mass is 349 g/mol. The molecule has 0 saturated carbocycles. The molecule has 4 rings (SSSR count). The first-order valence-electron chi connectivity index (χ1n) is 8.31. The van der Waals surface area contributed by atoms with Gasteiger partial charge in [0.05, 0.1) is 23.1 Å². The number of carbonyl (C=O) groups excluding carboxylic acids is 1. The zero-order valence-electron chi connectivity index (χ0n) is 14.6. The highest BCUT2D eigenvalue weighted by Gasteiger charge is 2.12. The van der Waals surface area contributed by atoms with Gasteiger partial charge in [-0.1, -0.05) is 6.07 Å². The second-order valence-electron chi connectivity index (χ2n) is 6.29. The lowest BCUT2D eigenvalue weighted by molar-refractivity contribution is -0.127. The first kappa shape index (κ1) is 16.1. The second kappa shape index (κ2) is 6.14. The van der Waals surface area contributed by atoms with Gasteiger partial charge in [-0.2, -0.15) is 10.2 Å². The van der Waals surface area contributed by atoms with E-state index in [2.05, 4.69) is 20.3 Å². The number of fused-ring (bicyclic) bond motifs is 3. The Hall–Kier alpha value is -3.42. The van der Waals surface area contributed by atoms with Crippen molar-refractivity contribution in [2.75, 3.05) is 19.3 Å². The standard InChI is InChI=1S/C18H19N7O/c1-11(26)24(2)7-8-25-10-14-17(23-25)13-4-3-12(15-5-6-20-22-15)9-16(13)21-18(14)19/h3-6,9-10H,7-8H2,1-2H3,(H2,19,21)(H,20,22). The Kier molecular flexibility index (Phi) is 3.80. The van der Waals surface area contributed by atoms with Crippen molar-refractivity contribution < 1.29 is 4.79 Å². The molecule has 0 atom stereocenters. The van der Waals surface area contributed by atoms with Crippen molar-refractivity contribution in [3.8, 4) is 11.3 Å². The molecule has 0 saturated heterocycles. The topological polar surface area (TPSA) is 106 Å². The van der Waals surface area contributed by atoms with E-state index < -0.39 is 0 Å². The number of aromatic amines is 1. The molecule has 3 heterocycles. The van der Waals surface area contributed by atoms with Crippen molar-refractivity contribution in [2.24, 2.45) is 0 Å². The summed E-state index contributed by atoms with van der Waals surface area (Å²) < 4.78 is 1.81. The van der Waals surface area contributed by atoms with Crippen LogP contribution in [0.4, 0.5) is 5.82 Å². The van der Waals surface area contributed by atoms with Gasteiger partial charge in [0.1, 0.15) is 11.3 Å². The Labute approximate surface area is 149 Å². The lowest BCUT2D eigenvalue weighted by Crippen LogP contribution is -2.27. The molecule has 0 unspecified atom stereocenters. The number of carbonyl (C=O) groups is 1. The van der Waals surface area contributed by atoms with E-state index in [-0.39, 0.29) is 5.91 Å². The van der Waals surface area contributed by atoms with Crippen molar-refractivity contribution in [1.29, 1.82) is 0 Å². The summed E-state index contributed by atoms with van der Waals surface area (Å²) in [5.41, 5.74) is 9.67. The highest BCUT2D eigenvalue weighted by atomic mass is 16.2. The molecule has 26 heavy (non-hydrogen) atoms. The molecule has 3 aromatic heterocycles. The summed E-state index contributed by atoms with van der Waals surface area (Å²) in [5, 5.41) is 13.4. The molecule has 0 spiro atoms. The Balaban J connectivity index is 1.75. The van der Waals surface area contributed by atoms with Gasteiger partial charge >= 0.3 is 0 Å². The van der Waals surface area contributed by atoms with E-state index in [1.807, 2.05) is 35.1 Å². The van der Waals surface area contributed by atoms with Crippen molar-refractivity contribution >= 4 is 33.5 Å². The van der Waals surface area contributed by atoms with E-state index in [9.17, 15) is 4.79 Å². The number of H-pyrrole nitrogens is 1. The third kappa shape index (κ3) is 2.75. The second-order valence-corrected chi connectivity index (χ2v) is 6.29. The van der Waals surface area contributed by atoms with Crippen LogP contribution in [0.25, 0.3) is 33.1 Å². The summed E-state index contributed by atoms with van der Waals surface area (Å²) in [6.07, 6.45) is 3.60. The van der Waals surface area contributed by atoms with Crippen LogP contribution >= 0.6 is 0 Å². The number of amides is 1. The third-order valence-electron chi connectivity index (χ3n) is 4.55. The third-order valence-corrected chi connectivity index (χ3v) is 4.55. The van der Waals surface area contributed by atoms with Crippen LogP contribution in [0.3, 0.4) is 0 Å². The molecule has 8 nitrogen and oxygen atoms in total.